The van der Waals surface area contributed by atoms with Crippen molar-refractivity contribution in [1.82, 2.24) is 14.8 Å². The first-order valence-electron chi connectivity index (χ1n) is 11.9. The standard InChI is InChI=1S/C26H28N6O3.C2H4O2/c1-15-13-18(14-16(2)23(15)35-4)22(29-19-11-9-17(10-12-19)24(27)28)25-30-26(33)32(31-25)20-7-5-6-8-21(20)34-3;1-2(3)4/h5-14,22,29H,1-4H3,(H3,27,28)(H,30,31,33);1H3,(H,3,4). The van der Waals surface area contributed by atoms with Gasteiger partial charge >= 0.3 is 5.69 Å². The molecule has 39 heavy (non-hydrogen) atoms. The van der Waals surface area contributed by atoms with Gasteiger partial charge in [0.05, 0.1) is 14.2 Å². The Morgan fingerprint density at radius 2 is 1.67 bits per heavy atom. The summed E-state index contributed by atoms with van der Waals surface area (Å²) < 4.78 is 12.3. The molecule has 0 saturated carbocycles. The zero-order chi connectivity index (χ0) is 28.7. The quantitative estimate of drug-likeness (QED) is 0.169. The highest BCUT2D eigenvalue weighted by Gasteiger charge is 2.23. The molecule has 1 aromatic heterocycles. The van der Waals surface area contributed by atoms with Crippen molar-refractivity contribution in [3.63, 3.8) is 0 Å². The summed E-state index contributed by atoms with van der Waals surface area (Å²) in [6, 6.07) is 17.9. The number of nitrogens with two attached hydrogens (primary N) is 1. The first-order chi connectivity index (χ1) is 18.5. The van der Waals surface area contributed by atoms with Crippen LogP contribution >= 0.6 is 0 Å². The molecule has 0 aliphatic heterocycles. The third kappa shape index (κ3) is 6.83. The zero-order valence-electron chi connectivity index (χ0n) is 22.4. The number of rotatable bonds is 8. The van der Waals surface area contributed by atoms with E-state index in [9.17, 15) is 4.79 Å². The maximum atomic E-state index is 13.0. The van der Waals surface area contributed by atoms with Crippen LogP contribution in [0.25, 0.3) is 5.69 Å². The summed E-state index contributed by atoms with van der Waals surface area (Å²) in [4.78, 5) is 24.9. The Labute approximate surface area is 225 Å². The maximum Gasteiger partial charge on any atom is 0.348 e. The van der Waals surface area contributed by atoms with Crippen molar-refractivity contribution in [1.29, 1.82) is 5.41 Å². The van der Waals surface area contributed by atoms with Crippen LogP contribution in [-0.4, -0.2) is 45.9 Å². The molecule has 4 aromatic rings. The molecule has 0 spiro atoms. The van der Waals surface area contributed by atoms with Gasteiger partial charge in [-0.3, -0.25) is 15.2 Å². The molecule has 11 heteroatoms. The van der Waals surface area contributed by atoms with Crippen LogP contribution in [-0.2, 0) is 4.79 Å². The van der Waals surface area contributed by atoms with Gasteiger partial charge in [-0.25, -0.2) is 4.79 Å². The van der Waals surface area contributed by atoms with Crippen LogP contribution in [0.5, 0.6) is 11.5 Å². The van der Waals surface area contributed by atoms with E-state index in [-0.39, 0.29) is 11.5 Å². The number of aliphatic carboxylic acids is 1. The van der Waals surface area contributed by atoms with E-state index < -0.39 is 12.0 Å². The zero-order valence-corrected chi connectivity index (χ0v) is 22.4. The molecule has 1 heterocycles. The molecule has 204 valence electrons. The molecule has 6 N–H and O–H groups in total. The Morgan fingerprint density at radius 3 is 2.21 bits per heavy atom. The lowest BCUT2D eigenvalue weighted by atomic mass is 9.99. The van der Waals surface area contributed by atoms with Gasteiger partial charge in [-0.2, -0.15) is 4.68 Å². The van der Waals surface area contributed by atoms with Crippen molar-refractivity contribution >= 4 is 17.5 Å². The number of carbonyl (C=O) groups is 1. The minimum Gasteiger partial charge on any atom is -0.496 e. The number of nitrogen functional groups attached to an aromatic ring is 1. The number of benzene rings is 3. The highest BCUT2D eigenvalue weighted by molar-refractivity contribution is 5.95. The SMILES string of the molecule is CC(=O)O.COc1ccccc1-n1nc(C(Nc2ccc(C(=N)N)cc2)c2cc(C)c(OC)c(C)c2)[nH]c1=O. The average Bonchev–Trinajstić information content (AvgIpc) is 3.27. The first kappa shape index (κ1) is 28.5. The van der Waals surface area contributed by atoms with Crippen molar-refractivity contribution in [3.8, 4) is 17.2 Å². The number of anilines is 1. The van der Waals surface area contributed by atoms with E-state index in [1.165, 1.54) is 4.68 Å². The van der Waals surface area contributed by atoms with Crippen molar-refractivity contribution < 1.29 is 19.4 Å². The normalized spacial score (nSPS) is 11.1. The Kier molecular flexibility index (Phi) is 9.11. The van der Waals surface area contributed by atoms with Crippen molar-refractivity contribution in [2.75, 3.05) is 19.5 Å². The van der Waals surface area contributed by atoms with Crippen LogP contribution in [0.2, 0.25) is 0 Å². The van der Waals surface area contributed by atoms with Gasteiger partial charge in [-0.1, -0.05) is 12.1 Å². The number of carboxylic acid groups (broad SMARTS) is 1. The van der Waals surface area contributed by atoms with Crippen molar-refractivity contribution in [2.24, 2.45) is 5.73 Å². The van der Waals surface area contributed by atoms with E-state index in [1.54, 1.807) is 38.5 Å². The summed E-state index contributed by atoms with van der Waals surface area (Å²) in [5, 5.41) is 23.1. The van der Waals surface area contributed by atoms with Crippen LogP contribution in [0.15, 0.2) is 65.5 Å². The molecule has 0 amide bonds. The molecule has 4 rings (SSSR count). The van der Waals surface area contributed by atoms with E-state index in [2.05, 4.69) is 15.4 Å². The molecule has 3 aromatic carbocycles. The number of hydrogen-bond acceptors (Lipinski definition) is 7. The lowest BCUT2D eigenvalue weighted by molar-refractivity contribution is -0.134. The maximum absolute atomic E-state index is 13.0. The van der Waals surface area contributed by atoms with E-state index in [0.717, 1.165) is 35.1 Å². The Morgan fingerprint density at radius 1 is 1.08 bits per heavy atom. The van der Waals surface area contributed by atoms with Crippen LogP contribution in [0.1, 0.15) is 41.0 Å². The third-order valence-electron chi connectivity index (χ3n) is 5.75. The van der Waals surface area contributed by atoms with Gasteiger partial charge in [0, 0.05) is 18.2 Å². The van der Waals surface area contributed by atoms with Crippen LogP contribution in [0.3, 0.4) is 0 Å². The van der Waals surface area contributed by atoms with Gasteiger partial charge in [-0.15, -0.1) is 5.10 Å². The monoisotopic (exact) mass is 532 g/mol. The van der Waals surface area contributed by atoms with Gasteiger partial charge in [0.2, 0.25) is 0 Å². The molecule has 11 nitrogen and oxygen atoms in total. The minimum atomic E-state index is -0.833. The largest absolute Gasteiger partial charge is 0.496 e. The topological polar surface area (TPSA) is 168 Å². The Hall–Kier alpha value is -5.06. The van der Waals surface area contributed by atoms with Gasteiger partial charge in [0.15, 0.2) is 5.82 Å². The predicted octanol–water partition coefficient (Wildman–Crippen LogP) is 3.77. The van der Waals surface area contributed by atoms with Gasteiger partial charge in [0.25, 0.3) is 5.97 Å². The molecule has 0 aliphatic carbocycles. The summed E-state index contributed by atoms with van der Waals surface area (Å²) in [7, 11) is 3.20. The van der Waals surface area contributed by atoms with Crippen LogP contribution in [0.4, 0.5) is 5.69 Å². The second-order valence-corrected chi connectivity index (χ2v) is 8.67. The fourth-order valence-corrected chi connectivity index (χ4v) is 4.13. The number of H-pyrrole nitrogens is 1. The number of hydrogen-bond donors (Lipinski definition) is 5. The Bertz CT molecular complexity index is 1500. The van der Waals surface area contributed by atoms with E-state index >= 15 is 0 Å². The van der Waals surface area contributed by atoms with Crippen LogP contribution < -0.4 is 26.2 Å². The molecular formula is C28H32N6O5. The van der Waals surface area contributed by atoms with Crippen LogP contribution in [0, 0.1) is 19.3 Å². The molecule has 0 saturated heterocycles. The average molecular weight is 533 g/mol. The fourth-order valence-electron chi connectivity index (χ4n) is 4.13. The highest BCUT2D eigenvalue weighted by Crippen LogP contribution is 2.31. The second-order valence-electron chi connectivity index (χ2n) is 8.67. The minimum absolute atomic E-state index is 0.00520. The van der Waals surface area contributed by atoms with Gasteiger partial charge < -0.3 is 25.6 Å². The number of aromatic nitrogens is 3. The molecular weight excluding hydrogens is 500 g/mol. The molecule has 0 radical (unpaired) electrons. The highest BCUT2D eigenvalue weighted by atomic mass is 16.5. The van der Waals surface area contributed by atoms with Gasteiger partial charge in [-0.05, 0) is 79.1 Å². The molecule has 0 bridgehead atoms. The number of nitrogens with zero attached hydrogens (tertiary/aromatic N) is 2. The smallest absolute Gasteiger partial charge is 0.348 e. The summed E-state index contributed by atoms with van der Waals surface area (Å²) in [6.45, 7) is 5.04. The number of aromatic amines is 1. The molecule has 1 atom stereocenters. The van der Waals surface area contributed by atoms with E-state index in [0.29, 0.717) is 22.8 Å². The van der Waals surface area contributed by atoms with E-state index in [4.69, 9.17) is 30.5 Å². The van der Waals surface area contributed by atoms with Crippen molar-refractivity contribution in [3.05, 3.63) is 99.2 Å². The lowest BCUT2D eigenvalue weighted by Crippen LogP contribution is -2.16. The number of ether oxygens (including phenoxy) is 2. The number of aryl methyl sites for hydroxylation is 2. The summed E-state index contributed by atoms with van der Waals surface area (Å²) >= 11 is 0. The molecule has 0 fully saturated rings. The second kappa shape index (κ2) is 12.5. The lowest BCUT2D eigenvalue weighted by Gasteiger charge is -2.21. The number of carboxylic acids is 1. The molecule has 0 aliphatic rings. The summed E-state index contributed by atoms with van der Waals surface area (Å²) in [5.74, 6) is 0.939. The summed E-state index contributed by atoms with van der Waals surface area (Å²) in [5.41, 5.74) is 9.98. The third-order valence-corrected chi connectivity index (χ3v) is 5.75. The Balaban J connectivity index is 0.000000983. The molecule has 1 unspecified atom stereocenters. The van der Waals surface area contributed by atoms with Crippen molar-refractivity contribution in [2.45, 2.75) is 26.8 Å². The number of nitrogens with one attached hydrogen (secondary N) is 3. The summed E-state index contributed by atoms with van der Waals surface area (Å²) in [6.07, 6.45) is 0. The first-order valence-corrected chi connectivity index (χ1v) is 11.9. The number of para-hydroxylation sites is 2. The number of amidine groups is 1. The van der Waals surface area contributed by atoms with E-state index in [1.807, 2.05) is 50.2 Å². The fraction of sp³-hybridized carbons (Fsp3) is 0.214. The van der Waals surface area contributed by atoms with Gasteiger partial charge in [0.1, 0.15) is 29.1 Å². The predicted molar refractivity (Wildman–Crippen MR) is 149 cm³/mol. The number of methoxy groups -OCH3 is 2.